The van der Waals surface area contributed by atoms with Gasteiger partial charge in [0, 0.05) is 38.9 Å². The Hall–Kier alpha value is -5.10. The fourth-order valence-electron chi connectivity index (χ4n) is 5.09. The summed E-state index contributed by atoms with van der Waals surface area (Å²) in [5, 5.41) is 2.35. The minimum Gasteiger partial charge on any atom is -0.313 e. The second kappa shape index (κ2) is 8.78. The molecule has 0 saturated heterocycles. The van der Waals surface area contributed by atoms with Crippen molar-refractivity contribution in [2.75, 3.05) is 9.80 Å². The smallest absolute Gasteiger partial charge is 0.214 e. The lowest BCUT2D eigenvalue weighted by atomic mass is 10.1. The van der Waals surface area contributed by atoms with Crippen LogP contribution < -0.4 is 20.2 Å². The van der Waals surface area contributed by atoms with E-state index in [-0.39, 0.29) is 0 Å². The van der Waals surface area contributed by atoms with E-state index in [2.05, 4.69) is 104 Å². The number of rotatable bonds is 2. The molecule has 0 radical (unpaired) electrons. The lowest BCUT2D eigenvalue weighted by Gasteiger charge is -2.18. The van der Waals surface area contributed by atoms with Crippen LogP contribution in [0.3, 0.4) is 0 Å². The molecule has 0 N–H and O–H groups in total. The van der Waals surface area contributed by atoms with Crippen molar-refractivity contribution < 1.29 is 0 Å². The van der Waals surface area contributed by atoms with Gasteiger partial charge in [0.15, 0.2) is 0 Å². The van der Waals surface area contributed by atoms with E-state index in [1.165, 1.54) is 21.6 Å². The average molecular weight is 495 g/mol. The zero-order chi connectivity index (χ0) is 25.6. The van der Waals surface area contributed by atoms with Gasteiger partial charge in [-0.25, -0.2) is 9.97 Å². The van der Waals surface area contributed by atoms with Gasteiger partial charge in [-0.3, -0.25) is 9.80 Å². The average Bonchev–Trinajstić information content (AvgIpc) is 3.50. The summed E-state index contributed by atoms with van der Waals surface area (Å²) in [6.45, 7) is 0. The molecule has 0 fully saturated rings. The van der Waals surface area contributed by atoms with Crippen molar-refractivity contribution >= 4 is 45.1 Å². The zero-order valence-corrected chi connectivity index (χ0v) is 21.2. The topological polar surface area (TPSA) is 42.1 Å². The van der Waals surface area contributed by atoms with Crippen LogP contribution in [0.4, 0.5) is 11.9 Å². The molecule has 7 rings (SSSR count). The molecule has 0 aliphatic carbocycles. The Balaban J connectivity index is 1.14. The maximum atomic E-state index is 4.79. The van der Waals surface area contributed by atoms with E-state index in [4.69, 9.17) is 9.97 Å². The molecule has 6 nitrogen and oxygen atoms in total. The molecule has 0 atom stereocenters. The number of hydrogen-bond donors (Lipinski definition) is 0. The predicted octanol–water partition coefficient (Wildman–Crippen LogP) is 4.86. The molecular formula is C32H26N6. The number of aryl methyl sites for hydroxylation is 2. The fourth-order valence-corrected chi connectivity index (χ4v) is 5.09. The Morgan fingerprint density at radius 1 is 0.474 bits per heavy atom. The SMILES string of the molecule is Cn1c(N2C=CC(=c3ccc(=C4C=CN(c5nc6ccccc6n5C)C=C4)cc3)C=C2)nc2ccccc21. The molecule has 5 aromatic rings. The Kier molecular flexibility index (Phi) is 5.11. The number of hydrogen-bond acceptors (Lipinski definition) is 4. The molecule has 0 amide bonds. The molecule has 2 aliphatic heterocycles. The van der Waals surface area contributed by atoms with Crippen LogP contribution in [0.25, 0.3) is 33.2 Å². The zero-order valence-electron chi connectivity index (χ0n) is 21.2. The first-order valence-electron chi connectivity index (χ1n) is 12.6. The lowest BCUT2D eigenvalue weighted by molar-refractivity contribution is 0.920. The molecule has 0 spiro atoms. The van der Waals surface area contributed by atoms with Gasteiger partial charge in [-0.2, -0.15) is 0 Å². The Morgan fingerprint density at radius 3 is 1.21 bits per heavy atom. The number of nitrogens with zero attached hydrogens (tertiary/aromatic N) is 6. The first kappa shape index (κ1) is 22.1. The third kappa shape index (κ3) is 3.66. The molecule has 6 heteroatoms. The second-order valence-corrected chi connectivity index (χ2v) is 9.48. The number of fused-ring (bicyclic) bond motifs is 2. The van der Waals surface area contributed by atoms with Gasteiger partial charge < -0.3 is 9.13 Å². The molecule has 0 unspecified atom stereocenters. The number of imidazole rings is 2. The van der Waals surface area contributed by atoms with E-state index in [0.717, 1.165) is 34.0 Å². The highest BCUT2D eigenvalue weighted by atomic mass is 15.3. The molecule has 0 bridgehead atoms. The summed E-state index contributed by atoms with van der Waals surface area (Å²) in [5.74, 6) is 1.79. The largest absolute Gasteiger partial charge is 0.313 e. The molecule has 0 saturated carbocycles. The maximum absolute atomic E-state index is 4.79. The third-order valence-corrected chi connectivity index (χ3v) is 7.20. The quantitative estimate of drug-likeness (QED) is 0.352. The van der Waals surface area contributed by atoms with Crippen molar-refractivity contribution in [3.63, 3.8) is 0 Å². The molecule has 2 aromatic heterocycles. The summed E-state index contributed by atoms with van der Waals surface area (Å²) < 4.78 is 4.23. The van der Waals surface area contributed by atoms with Gasteiger partial charge in [0.1, 0.15) is 0 Å². The van der Waals surface area contributed by atoms with Crippen molar-refractivity contribution in [1.82, 2.24) is 19.1 Å². The normalized spacial score (nSPS) is 15.0. The highest BCUT2D eigenvalue weighted by molar-refractivity contribution is 5.81. The monoisotopic (exact) mass is 494 g/mol. The number of allylic oxidation sites excluding steroid dienone is 4. The second-order valence-electron chi connectivity index (χ2n) is 9.48. The molecule has 4 heterocycles. The Bertz CT molecular complexity index is 1770. The Labute approximate surface area is 220 Å². The number of anilines is 2. The molecule has 184 valence electrons. The van der Waals surface area contributed by atoms with Crippen molar-refractivity contribution in [3.05, 3.63) is 132 Å². The van der Waals surface area contributed by atoms with Gasteiger partial charge in [-0.1, -0.05) is 48.5 Å². The van der Waals surface area contributed by atoms with Crippen LogP contribution in [0.5, 0.6) is 0 Å². The first-order chi connectivity index (χ1) is 18.7. The van der Waals surface area contributed by atoms with Gasteiger partial charge in [-0.05, 0) is 70.2 Å². The number of benzene rings is 3. The first-order valence-corrected chi connectivity index (χ1v) is 12.6. The summed E-state index contributed by atoms with van der Waals surface area (Å²) in [4.78, 5) is 13.7. The van der Waals surface area contributed by atoms with Gasteiger partial charge in [-0.15, -0.1) is 0 Å². The van der Waals surface area contributed by atoms with Crippen LogP contribution in [-0.4, -0.2) is 19.1 Å². The van der Waals surface area contributed by atoms with Gasteiger partial charge in [0.05, 0.1) is 22.1 Å². The van der Waals surface area contributed by atoms with Gasteiger partial charge >= 0.3 is 0 Å². The van der Waals surface area contributed by atoms with Crippen LogP contribution in [0.2, 0.25) is 0 Å². The summed E-state index contributed by atoms with van der Waals surface area (Å²) in [6, 6.07) is 25.1. The van der Waals surface area contributed by atoms with Crippen molar-refractivity contribution in [3.8, 4) is 0 Å². The summed E-state index contributed by atoms with van der Waals surface area (Å²) in [6.07, 6.45) is 16.8. The highest BCUT2D eigenvalue weighted by Crippen LogP contribution is 2.25. The number of para-hydroxylation sites is 4. The standard InChI is InChI=1S/C32H26N6/c1-35-29-9-5-3-7-27(29)33-31(35)37-19-15-25(16-20-37)23-11-13-24(14-12-23)26-17-21-38(22-18-26)32-34-28-8-4-6-10-30(28)36(32)2/h3-22H,1-2H3. The van der Waals surface area contributed by atoms with E-state index in [0.29, 0.717) is 0 Å². The van der Waals surface area contributed by atoms with Crippen LogP contribution in [0.15, 0.2) is 122 Å². The maximum Gasteiger partial charge on any atom is 0.214 e. The van der Waals surface area contributed by atoms with Gasteiger partial charge in [0.25, 0.3) is 0 Å². The van der Waals surface area contributed by atoms with Crippen molar-refractivity contribution in [2.24, 2.45) is 14.1 Å². The molecular weight excluding hydrogens is 468 g/mol. The van der Waals surface area contributed by atoms with Crippen LogP contribution in [0.1, 0.15) is 0 Å². The van der Waals surface area contributed by atoms with Crippen molar-refractivity contribution in [2.45, 2.75) is 0 Å². The Morgan fingerprint density at radius 2 is 0.842 bits per heavy atom. The van der Waals surface area contributed by atoms with Gasteiger partial charge in [0.2, 0.25) is 11.9 Å². The molecule has 3 aromatic carbocycles. The summed E-state index contributed by atoms with van der Waals surface area (Å²) in [5.41, 5.74) is 6.57. The minimum absolute atomic E-state index is 0.896. The van der Waals surface area contributed by atoms with E-state index >= 15 is 0 Å². The van der Waals surface area contributed by atoms with Crippen molar-refractivity contribution in [1.29, 1.82) is 0 Å². The minimum atomic E-state index is 0.896. The predicted molar refractivity (Wildman–Crippen MR) is 155 cm³/mol. The summed E-state index contributed by atoms with van der Waals surface area (Å²) >= 11 is 0. The van der Waals surface area contributed by atoms with Crippen LogP contribution >= 0.6 is 0 Å². The van der Waals surface area contributed by atoms with Crippen LogP contribution in [-0.2, 0) is 14.1 Å². The van der Waals surface area contributed by atoms with E-state index in [9.17, 15) is 0 Å². The van der Waals surface area contributed by atoms with E-state index in [1.807, 2.05) is 50.5 Å². The van der Waals surface area contributed by atoms with Crippen LogP contribution in [0, 0.1) is 0 Å². The lowest BCUT2D eigenvalue weighted by Crippen LogP contribution is -2.18. The molecule has 38 heavy (non-hydrogen) atoms. The van der Waals surface area contributed by atoms with E-state index in [1.54, 1.807) is 0 Å². The third-order valence-electron chi connectivity index (χ3n) is 7.20. The fraction of sp³-hybridized carbons (Fsp3) is 0.0625. The van der Waals surface area contributed by atoms with E-state index < -0.39 is 0 Å². The summed E-state index contributed by atoms with van der Waals surface area (Å²) in [7, 11) is 4.10. The molecule has 2 aliphatic rings. The number of aromatic nitrogens is 4. The highest BCUT2D eigenvalue weighted by Gasteiger charge is 2.14.